The average molecular weight is 535 g/mol. The molecule has 188 valence electrons. The molecule has 0 saturated heterocycles. The van der Waals surface area contributed by atoms with Crippen LogP contribution in [0.5, 0.6) is 0 Å². The first-order chi connectivity index (χ1) is 20.4. The number of nitrogens with zero attached hydrogens (tertiary/aromatic N) is 1. The summed E-state index contributed by atoms with van der Waals surface area (Å²) in [4.78, 5) is 2.78. The summed E-state index contributed by atoms with van der Waals surface area (Å²) in [6.45, 7) is 0.197. The SMILES string of the molecule is c1ccc(-n2c3ccccc3c3cc4c5c(cccc5c32)-c2cccc3c2B4c2ccc4ccccc4c2S3)cc1. The van der Waals surface area contributed by atoms with Crippen molar-refractivity contribution in [3.63, 3.8) is 0 Å². The Morgan fingerprint density at radius 3 is 2.22 bits per heavy atom. The second-order valence-corrected chi connectivity index (χ2v) is 12.3. The summed E-state index contributed by atoms with van der Waals surface area (Å²) in [5.41, 5.74) is 10.8. The lowest BCUT2D eigenvalue weighted by molar-refractivity contribution is 1.19. The van der Waals surface area contributed by atoms with Crippen LogP contribution < -0.4 is 16.4 Å². The van der Waals surface area contributed by atoms with E-state index in [0.29, 0.717) is 0 Å². The maximum absolute atomic E-state index is 2.53. The first-order valence-corrected chi connectivity index (χ1v) is 15.1. The zero-order valence-corrected chi connectivity index (χ0v) is 23.0. The standard InChI is InChI=1S/C38H22BNS/c1-2-11-24(12-3-1)40-33-18-7-6-14-26(33)30-22-32-35-27(15-8-17-29(35)37(30)40)28-16-9-19-34-36(28)39(32)31-21-20-23-10-4-5-13-25(23)38(31)41-34/h1-22H. The largest absolute Gasteiger partial charge is 0.309 e. The van der Waals surface area contributed by atoms with Crippen LogP contribution in [0.2, 0.25) is 0 Å². The van der Waals surface area contributed by atoms with Crippen molar-refractivity contribution >= 4 is 78.2 Å². The van der Waals surface area contributed by atoms with Crippen LogP contribution in [-0.4, -0.2) is 11.3 Å². The van der Waals surface area contributed by atoms with E-state index in [1.165, 1.54) is 86.3 Å². The van der Waals surface area contributed by atoms with E-state index >= 15 is 0 Å². The molecule has 0 radical (unpaired) electrons. The third-order valence-corrected chi connectivity index (χ3v) is 10.5. The number of fused-ring (bicyclic) bond motifs is 10. The van der Waals surface area contributed by atoms with E-state index in [1.807, 2.05) is 11.8 Å². The minimum atomic E-state index is 0.197. The van der Waals surface area contributed by atoms with Gasteiger partial charge in [0.2, 0.25) is 6.71 Å². The Kier molecular flexibility index (Phi) is 4.26. The molecular weight excluding hydrogens is 513 g/mol. The van der Waals surface area contributed by atoms with Crippen LogP contribution >= 0.6 is 11.8 Å². The second kappa shape index (κ2) is 7.93. The van der Waals surface area contributed by atoms with Crippen LogP contribution in [0.4, 0.5) is 0 Å². The summed E-state index contributed by atoms with van der Waals surface area (Å²) in [5.74, 6) is 0. The lowest BCUT2D eigenvalue weighted by Gasteiger charge is -2.34. The molecule has 10 rings (SSSR count). The molecule has 0 unspecified atom stereocenters. The van der Waals surface area contributed by atoms with Crippen molar-refractivity contribution in [1.82, 2.24) is 4.57 Å². The van der Waals surface area contributed by atoms with Gasteiger partial charge in [0.25, 0.3) is 0 Å². The number of hydrogen-bond acceptors (Lipinski definition) is 1. The first-order valence-electron chi connectivity index (χ1n) is 14.2. The molecule has 0 spiro atoms. The monoisotopic (exact) mass is 535 g/mol. The van der Waals surface area contributed by atoms with Gasteiger partial charge in [-0.05, 0) is 57.0 Å². The third kappa shape index (κ3) is 2.79. The molecule has 0 atom stereocenters. The molecule has 0 aliphatic carbocycles. The van der Waals surface area contributed by atoms with Gasteiger partial charge < -0.3 is 4.57 Å². The minimum absolute atomic E-state index is 0.197. The molecule has 0 fully saturated rings. The minimum Gasteiger partial charge on any atom is -0.309 e. The quantitative estimate of drug-likeness (QED) is 0.193. The fraction of sp³-hybridized carbons (Fsp3) is 0. The van der Waals surface area contributed by atoms with Crippen LogP contribution in [0.3, 0.4) is 0 Å². The van der Waals surface area contributed by atoms with Crippen LogP contribution in [0.15, 0.2) is 143 Å². The number of aromatic nitrogens is 1. The smallest absolute Gasteiger partial charge is 0.245 e. The van der Waals surface area contributed by atoms with Crippen molar-refractivity contribution in [2.75, 3.05) is 0 Å². The van der Waals surface area contributed by atoms with E-state index in [2.05, 4.69) is 138 Å². The zero-order chi connectivity index (χ0) is 26.7. The van der Waals surface area contributed by atoms with Crippen LogP contribution in [0.25, 0.3) is 60.2 Å². The molecule has 7 aromatic carbocycles. The highest BCUT2D eigenvalue weighted by atomic mass is 32.2. The van der Waals surface area contributed by atoms with Crippen molar-refractivity contribution in [3.05, 3.63) is 133 Å². The Labute approximate surface area is 242 Å². The predicted molar refractivity (Wildman–Crippen MR) is 176 cm³/mol. The van der Waals surface area contributed by atoms with E-state index in [0.717, 1.165) is 0 Å². The zero-order valence-electron chi connectivity index (χ0n) is 22.1. The van der Waals surface area contributed by atoms with E-state index in [-0.39, 0.29) is 6.71 Å². The molecule has 2 aliphatic heterocycles. The molecule has 3 heteroatoms. The molecular formula is C38H22BNS. The van der Waals surface area contributed by atoms with Gasteiger partial charge in [-0.2, -0.15) is 0 Å². The van der Waals surface area contributed by atoms with Gasteiger partial charge in [0.05, 0.1) is 11.0 Å². The Bertz CT molecular complexity index is 2400. The lowest BCUT2D eigenvalue weighted by Crippen LogP contribution is -2.57. The number of hydrogen-bond donors (Lipinski definition) is 0. The fourth-order valence-electron chi connectivity index (χ4n) is 7.62. The van der Waals surface area contributed by atoms with Crippen molar-refractivity contribution in [2.45, 2.75) is 9.79 Å². The Morgan fingerprint density at radius 2 is 1.29 bits per heavy atom. The maximum atomic E-state index is 2.53. The molecule has 1 nitrogen and oxygen atoms in total. The summed E-state index contributed by atoms with van der Waals surface area (Å²) >= 11 is 1.95. The van der Waals surface area contributed by atoms with E-state index < -0.39 is 0 Å². The highest BCUT2D eigenvalue weighted by molar-refractivity contribution is 8.00. The number of rotatable bonds is 1. The average Bonchev–Trinajstić information content (AvgIpc) is 3.37. The summed E-state index contributed by atoms with van der Waals surface area (Å²) in [5, 5.41) is 8.00. The summed E-state index contributed by atoms with van der Waals surface area (Å²) in [6.07, 6.45) is 0. The lowest BCUT2D eigenvalue weighted by atomic mass is 9.33. The Hall–Kier alpha value is -4.73. The van der Waals surface area contributed by atoms with E-state index in [9.17, 15) is 0 Å². The van der Waals surface area contributed by atoms with Gasteiger partial charge in [-0.3, -0.25) is 0 Å². The van der Waals surface area contributed by atoms with Crippen LogP contribution in [-0.2, 0) is 0 Å². The molecule has 0 bridgehead atoms. The van der Waals surface area contributed by atoms with Gasteiger partial charge in [-0.25, -0.2) is 0 Å². The molecule has 8 aromatic rings. The highest BCUT2D eigenvalue weighted by Crippen LogP contribution is 2.43. The van der Waals surface area contributed by atoms with Crippen molar-refractivity contribution in [3.8, 4) is 16.8 Å². The van der Waals surface area contributed by atoms with E-state index in [4.69, 9.17) is 0 Å². The molecule has 0 saturated carbocycles. The van der Waals surface area contributed by atoms with Crippen LogP contribution in [0, 0.1) is 0 Å². The van der Waals surface area contributed by atoms with Gasteiger partial charge in [-0.15, -0.1) is 0 Å². The molecule has 3 heterocycles. The van der Waals surface area contributed by atoms with Crippen molar-refractivity contribution < 1.29 is 0 Å². The Balaban J connectivity index is 1.42. The third-order valence-electron chi connectivity index (χ3n) is 9.23. The van der Waals surface area contributed by atoms with Gasteiger partial charge in [0.1, 0.15) is 0 Å². The molecule has 1 aromatic heterocycles. The molecule has 41 heavy (non-hydrogen) atoms. The number of benzene rings is 7. The summed E-state index contributed by atoms with van der Waals surface area (Å²) in [6, 6.07) is 49.7. The van der Waals surface area contributed by atoms with Crippen molar-refractivity contribution in [2.24, 2.45) is 0 Å². The Morgan fingerprint density at radius 1 is 0.537 bits per heavy atom. The topological polar surface area (TPSA) is 4.93 Å². The number of para-hydroxylation sites is 2. The molecule has 0 N–H and O–H groups in total. The predicted octanol–water partition coefficient (Wildman–Crippen LogP) is 8.05. The summed E-state index contributed by atoms with van der Waals surface area (Å²) < 4.78 is 2.47. The van der Waals surface area contributed by atoms with Crippen LogP contribution in [0.1, 0.15) is 0 Å². The summed E-state index contributed by atoms with van der Waals surface area (Å²) in [7, 11) is 0. The van der Waals surface area contributed by atoms with Gasteiger partial charge in [0.15, 0.2) is 0 Å². The normalized spacial score (nSPS) is 13.2. The first kappa shape index (κ1) is 22.0. The van der Waals surface area contributed by atoms with Crippen molar-refractivity contribution in [1.29, 1.82) is 0 Å². The maximum Gasteiger partial charge on any atom is 0.245 e. The van der Waals surface area contributed by atoms with Gasteiger partial charge >= 0.3 is 0 Å². The highest BCUT2D eigenvalue weighted by Gasteiger charge is 2.39. The van der Waals surface area contributed by atoms with Gasteiger partial charge in [0, 0.05) is 31.6 Å². The second-order valence-electron chi connectivity index (χ2n) is 11.2. The fourth-order valence-corrected chi connectivity index (χ4v) is 8.92. The molecule has 0 amide bonds. The van der Waals surface area contributed by atoms with E-state index in [1.54, 1.807) is 0 Å². The molecule has 2 aliphatic rings. The van der Waals surface area contributed by atoms with Gasteiger partial charge in [-0.1, -0.05) is 132 Å².